The largest absolute Gasteiger partial charge is 0.377 e. The van der Waals surface area contributed by atoms with Gasteiger partial charge in [-0.2, -0.15) is 0 Å². The lowest BCUT2D eigenvalue weighted by atomic mass is 10.0. The van der Waals surface area contributed by atoms with Gasteiger partial charge in [0, 0.05) is 18.7 Å². The Kier molecular flexibility index (Phi) is 3.53. The van der Waals surface area contributed by atoms with Crippen LogP contribution < -0.4 is 5.73 Å². The van der Waals surface area contributed by atoms with E-state index in [-0.39, 0.29) is 11.9 Å². The molecule has 0 radical (unpaired) electrons. The van der Waals surface area contributed by atoms with Crippen molar-refractivity contribution in [3.8, 4) is 0 Å². The monoisotopic (exact) mass is 260 g/mol. The number of nitrogens with zero attached hydrogens (tertiary/aromatic N) is 1. The summed E-state index contributed by atoms with van der Waals surface area (Å²) in [5, 5.41) is 0. The Bertz CT molecular complexity index is 487. The number of ether oxygens (including phenoxy) is 1. The highest BCUT2D eigenvalue weighted by molar-refractivity contribution is 5.94. The first-order chi connectivity index (χ1) is 9.29. The number of fused-ring (bicyclic) bond motifs is 1. The number of carbonyl (C=O) groups is 1. The molecular weight excluding hydrogens is 240 g/mol. The van der Waals surface area contributed by atoms with Crippen molar-refractivity contribution in [2.24, 2.45) is 5.73 Å². The number of rotatable bonds is 2. The molecular formula is C15H20N2O2. The van der Waals surface area contributed by atoms with E-state index in [1.165, 1.54) is 17.5 Å². The van der Waals surface area contributed by atoms with Crippen molar-refractivity contribution < 1.29 is 9.53 Å². The summed E-state index contributed by atoms with van der Waals surface area (Å²) in [6, 6.07) is 6.13. The minimum absolute atomic E-state index is 0.00880. The Morgan fingerprint density at radius 2 is 2.21 bits per heavy atom. The highest BCUT2D eigenvalue weighted by Crippen LogP contribution is 2.24. The van der Waals surface area contributed by atoms with Crippen molar-refractivity contribution in [1.29, 1.82) is 0 Å². The number of hydrogen-bond donors (Lipinski definition) is 1. The molecule has 0 saturated carbocycles. The number of nitrogens with two attached hydrogens (primary N) is 1. The average Bonchev–Trinajstić information content (AvgIpc) is 2.93. The van der Waals surface area contributed by atoms with Gasteiger partial charge in [0.25, 0.3) is 5.91 Å². The molecule has 0 spiro atoms. The second-order valence-electron chi connectivity index (χ2n) is 5.30. The average molecular weight is 260 g/mol. The molecule has 102 valence electrons. The van der Waals surface area contributed by atoms with Crippen LogP contribution in [0.4, 0.5) is 0 Å². The zero-order chi connectivity index (χ0) is 13.2. The highest BCUT2D eigenvalue weighted by atomic mass is 16.5. The van der Waals surface area contributed by atoms with Crippen LogP contribution in [-0.4, -0.2) is 43.2 Å². The van der Waals surface area contributed by atoms with Crippen LogP contribution in [0.3, 0.4) is 0 Å². The Balaban J connectivity index is 1.82. The normalized spacial score (nSPS) is 22.4. The van der Waals surface area contributed by atoms with Crippen LogP contribution >= 0.6 is 0 Å². The maximum absolute atomic E-state index is 12.6. The maximum Gasteiger partial charge on any atom is 0.254 e. The lowest BCUT2D eigenvalue weighted by molar-refractivity contribution is 0.000835. The molecule has 0 aromatic heterocycles. The van der Waals surface area contributed by atoms with Crippen molar-refractivity contribution in [2.75, 3.05) is 26.3 Å². The second-order valence-corrected chi connectivity index (χ2v) is 5.30. The van der Waals surface area contributed by atoms with Gasteiger partial charge in [-0.05, 0) is 42.5 Å². The third-order valence-electron chi connectivity index (χ3n) is 4.11. The molecule has 2 N–H and O–H groups in total. The van der Waals surface area contributed by atoms with E-state index in [0.717, 1.165) is 18.4 Å². The molecule has 3 rings (SSSR count). The summed E-state index contributed by atoms with van der Waals surface area (Å²) in [5.41, 5.74) is 9.25. The van der Waals surface area contributed by atoms with Crippen LogP contribution in [0.25, 0.3) is 0 Å². The number of morpholine rings is 1. The molecule has 1 atom stereocenters. The maximum atomic E-state index is 12.6. The van der Waals surface area contributed by atoms with Crippen molar-refractivity contribution >= 4 is 5.91 Å². The fourth-order valence-electron chi connectivity index (χ4n) is 2.99. The van der Waals surface area contributed by atoms with Gasteiger partial charge in [-0.1, -0.05) is 6.07 Å². The summed E-state index contributed by atoms with van der Waals surface area (Å²) in [6.45, 7) is 2.24. The molecule has 1 aliphatic heterocycles. The molecule has 1 aromatic rings. The second kappa shape index (κ2) is 5.31. The smallest absolute Gasteiger partial charge is 0.254 e. The van der Waals surface area contributed by atoms with Crippen molar-refractivity contribution in [1.82, 2.24) is 4.90 Å². The number of amides is 1. The molecule has 1 saturated heterocycles. The number of aryl methyl sites for hydroxylation is 2. The van der Waals surface area contributed by atoms with Crippen LogP contribution in [0.15, 0.2) is 18.2 Å². The summed E-state index contributed by atoms with van der Waals surface area (Å²) >= 11 is 0. The summed E-state index contributed by atoms with van der Waals surface area (Å²) in [4.78, 5) is 14.4. The van der Waals surface area contributed by atoms with E-state index >= 15 is 0 Å². The first kappa shape index (κ1) is 12.6. The third kappa shape index (κ3) is 2.38. The van der Waals surface area contributed by atoms with Crippen molar-refractivity contribution in [3.63, 3.8) is 0 Å². The molecule has 19 heavy (non-hydrogen) atoms. The fourth-order valence-corrected chi connectivity index (χ4v) is 2.99. The first-order valence-electron chi connectivity index (χ1n) is 7.00. The number of carbonyl (C=O) groups excluding carboxylic acids is 1. The van der Waals surface area contributed by atoms with Gasteiger partial charge < -0.3 is 15.4 Å². The first-order valence-corrected chi connectivity index (χ1v) is 7.00. The zero-order valence-electron chi connectivity index (χ0n) is 11.1. The van der Waals surface area contributed by atoms with E-state index < -0.39 is 0 Å². The molecule has 1 unspecified atom stereocenters. The third-order valence-corrected chi connectivity index (χ3v) is 4.11. The van der Waals surface area contributed by atoms with Crippen LogP contribution in [0, 0.1) is 0 Å². The molecule has 4 nitrogen and oxygen atoms in total. The molecule has 1 aromatic carbocycles. The summed E-state index contributed by atoms with van der Waals surface area (Å²) in [6.07, 6.45) is 3.45. The quantitative estimate of drug-likeness (QED) is 0.862. The van der Waals surface area contributed by atoms with Gasteiger partial charge in [-0.15, -0.1) is 0 Å². The highest BCUT2D eigenvalue weighted by Gasteiger charge is 2.27. The molecule has 1 amide bonds. The Morgan fingerprint density at radius 3 is 3.05 bits per heavy atom. The van der Waals surface area contributed by atoms with Crippen LogP contribution in [0.2, 0.25) is 0 Å². The summed E-state index contributed by atoms with van der Waals surface area (Å²) in [5.74, 6) is 0.0912. The minimum atomic E-state index is 0.00880. The van der Waals surface area contributed by atoms with Crippen LogP contribution in [0.1, 0.15) is 27.9 Å². The molecule has 1 heterocycles. The van der Waals surface area contributed by atoms with E-state index in [1.54, 1.807) is 0 Å². The van der Waals surface area contributed by atoms with Gasteiger partial charge in [-0.25, -0.2) is 0 Å². The lowest BCUT2D eigenvalue weighted by Crippen LogP contribution is -2.52. The Morgan fingerprint density at radius 1 is 1.37 bits per heavy atom. The number of hydrogen-bond acceptors (Lipinski definition) is 3. The van der Waals surface area contributed by atoms with E-state index in [4.69, 9.17) is 10.5 Å². The van der Waals surface area contributed by atoms with Crippen molar-refractivity contribution in [3.05, 3.63) is 34.9 Å². The van der Waals surface area contributed by atoms with E-state index in [0.29, 0.717) is 26.3 Å². The molecule has 1 aliphatic carbocycles. The predicted octanol–water partition coefficient (Wildman–Crippen LogP) is 0.975. The van der Waals surface area contributed by atoms with Crippen molar-refractivity contribution in [2.45, 2.75) is 25.3 Å². The Hall–Kier alpha value is -1.39. The predicted molar refractivity (Wildman–Crippen MR) is 73.2 cm³/mol. The van der Waals surface area contributed by atoms with Crippen LogP contribution in [0.5, 0.6) is 0 Å². The molecule has 1 fully saturated rings. The van der Waals surface area contributed by atoms with E-state index in [1.807, 2.05) is 11.0 Å². The minimum Gasteiger partial charge on any atom is -0.377 e. The standard InChI is InChI=1S/C15H20N2O2/c16-9-14-10-19-7-6-17(14)15(18)13-5-4-11-2-1-3-12(11)8-13/h4-5,8,14H,1-3,6-7,9-10,16H2. The molecule has 4 heteroatoms. The lowest BCUT2D eigenvalue weighted by Gasteiger charge is -2.35. The zero-order valence-corrected chi connectivity index (χ0v) is 11.1. The SMILES string of the molecule is NCC1COCCN1C(=O)c1ccc2c(c1)CCC2. The molecule has 0 bridgehead atoms. The van der Waals surface area contributed by atoms with E-state index in [9.17, 15) is 4.79 Å². The topological polar surface area (TPSA) is 55.6 Å². The molecule has 2 aliphatic rings. The van der Waals surface area contributed by atoms with Gasteiger partial charge in [-0.3, -0.25) is 4.79 Å². The van der Waals surface area contributed by atoms with Gasteiger partial charge >= 0.3 is 0 Å². The van der Waals surface area contributed by atoms with Crippen LogP contribution in [-0.2, 0) is 17.6 Å². The van der Waals surface area contributed by atoms with Gasteiger partial charge in [0.05, 0.1) is 19.3 Å². The van der Waals surface area contributed by atoms with Gasteiger partial charge in [0.2, 0.25) is 0 Å². The Labute approximate surface area is 113 Å². The van der Waals surface area contributed by atoms with Gasteiger partial charge in [0.1, 0.15) is 0 Å². The van der Waals surface area contributed by atoms with E-state index in [2.05, 4.69) is 12.1 Å². The summed E-state index contributed by atoms with van der Waals surface area (Å²) in [7, 11) is 0. The van der Waals surface area contributed by atoms with Gasteiger partial charge in [0.15, 0.2) is 0 Å². The summed E-state index contributed by atoms with van der Waals surface area (Å²) < 4.78 is 5.39. The fraction of sp³-hybridized carbons (Fsp3) is 0.533. The number of benzene rings is 1.